The third-order valence-corrected chi connectivity index (χ3v) is 6.52. The SMILES string of the molecule is Cc1cncc(-c2ccc(-c3cc4cnc(N)nc4n(C4CCC(N)CC4)c3=O)c(Cl)c2)n1. The molecule has 4 aromatic rings. The molecule has 8 nitrogen and oxygen atoms in total. The molecule has 1 fully saturated rings. The minimum Gasteiger partial charge on any atom is -0.368 e. The van der Waals surface area contributed by atoms with E-state index in [4.69, 9.17) is 23.1 Å². The number of halogens is 1. The average Bonchev–Trinajstić information content (AvgIpc) is 2.80. The van der Waals surface area contributed by atoms with Gasteiger partial charge in [0.05, 0.1) is 17.6 Å². The van der Waals surface area contributed by atoms with Crippen LogP contribution in [0.2, 0.25) is 5.02 Å². The molecule has 0 unspecified atom stereocenters. The van der Waals surface area contributed by atoms with Crippen molar-refractivity contribution in [1.29, 1.82) is 0 Å². The van der Waals surface area contributed by atoms with E-state index in [9.17, 15) is 4.79 Å². The lowest BCUT2D eigenvalue weighted by Crippen LogP contribution is -2.33. The summed E-state index contributed by atoms with van der Waals surface area (Å²) < 4.78 is 1.75. The number of fused-ring (bicyclic) bond motifs is 1. The van der Waals surface area contributed by atoms with Gasteiger partial charge in [0.25, 0.3) is 5.56 Å². The molecule has 9 heteroatoms. The number of aryl methyl sites for hydroxylation is 1. The number of rotatable bonds is 3. The molecule has 33 heavy (non-hydrogen) atoms. The Morgan fingerprint density at radius 1 is 1.03 bits per heavy atom. The first-order valence-electron chi connectivity index (χ1n) is 10.9. The van der Waals surface area contributed by atoms with Crippen LogP contribution in [0.1, 0.15) is 37.4 Å². The molecule has 0 saturated heterocycles. The fourth-order valence-corrected chi connectivity index (χ4v) is 4.80. The summed E-state index contributed by atoms with van der Waals surface area (Å²) in [7, 11) is 0. The maximum absolute atomic E-state index is 13.8. The second kappa shape index (κ2) is 8.53. The van der Waals surface area contributed by atoms with Gasteiger partial charge in [-0.25, -0.2) is 9.97 Å². The molecular weight excluding hydrogens is 438 g/mol. The lowest BCUT2D eigenvalue weighted by molar-refractivity contribution is 0.324. The second-order valence-electron chi connectivity index (χ2n) is 8.55. The normalized spacial score (nSPS) is 18.5. The Kier molecular flexibility index (Phi) is 5.55. The van der Waals surface area contributed by atoms with Crippen molar-refractivity contribution in [3.05, 3.63) is 63.9 Å². The molecule has 1 aliphatic rings. The molecule has 0 radical (unpaired) electrons. The first-order valence-corrected chi connectivity index (χ1v) is 11.3. The average molecular weight is 462 g/mol. The number of pyridine rings is 1. The van der Waals surface area contributed by atoms with Gasteiger partial charge in [-0.2, -0.15) is 4.98 Å². The van der Waals surface area contributed by atoms with Gasteiger partial charge in [-0.05, 0) is 44.7 Å². The van der Waals surface area contributed by atoms with Crippen LogP contribution in [0.25, 0.3) is 33.4 Å². The molecular formula is C24H24ClN7O. The Hall–Kier alpha value is -3.36. The van der Waals surface area contributed by atoms with Gasteiger partial charge >= 0.3 is 0 Å². The minimum absolute atomic E-state index is 0.00494. The summed E-state index contributed by atoms with van der Waals surface area (Å²) in [4.78, 5) is 31.0. The zero-order valence-corrected chi connectivity index (χ0v) is 19.0. The number of aromatic nitrogens is 5. The topological polar surface area (TPSA) is 126 Å². The number of benzene rings is 1. The lowest BCUT2D eigenvalue weighted by atomic mass is 9.91. The summed E-state index contributed by atoms with van der Waals surface area (Å²) in [6.45, 7) is 1.89. The number of anilines is 1. The van der Waals surface area contributed by atoms with Crippen molar-refractivity contribution >= 4 is 28.6 Å². The number of nitrogens with two attached hydrogens (primary N) is 2. The molecule has 0 bridgehead atoms. The van der Waals surface area contributed by atoms with Gasteiger partial charge in [0.1, 0.15) is 5.65 Å². The highest BCUT2D eigenvalue weighted by atomic mass is 35.5. The predicted octanol–water partition coefficient (Wildman–Crippen LogP) is 3.90. The largest absolute Gasteiger partial charge is 0.368 e. The van der Waals surface area contributed by atoms with E-state index in [2.05, 4.69) is 19.9 Å². The van der Waals surface area contributed by atoms with E-state index in [0.29, 0.717) is 21.8 Å². The molecule has 1 aromatic carbocycles. The predicted molar refractivity (Wildman–Crippen MR) is 130 cm³/mol. The van der Waals surface area contributed by atoms with E-state index < -0.39 is 0 Å². The third-order valence-electron chi connectivity index (χ3n) is 6.21. The van der Waals surface area contributed by atoms with Crippen LogP contribution in [0.3, 0.4) is 0 Å². The maximum atomic E-state index is 13.8. The smallest absolute Gasteiger partial charge is 0.260 e. The summed E-state index contributed by atoms with van der Waals surface area (Å²) >= 11 is 6.70. The molecule has 5 rings (SSSR count). The number of nitrogens with zero attached hydrogens (tertiary/aromatic N) is 5. The molecule has 1 saturated carbocycles. The first-order chi connectivity index (χ1) is 15.9. The Balaban J connectivity index is 1.66. The number of hydrogen-bond donors (Lipinski definition) is 2. The standard InChI is InChI=1S/C24H24ClN7O/c1-13-10-28-12-21(30-13)14-2-7-18(20(25)9-14)19-8-15-11-29-24(27)31-22(15)32(23(19)33)17-5-3-16(26)4-6-17/h2,7-12,16-17H,3-6,26H2,1H3,(H2,27,29,31). The third kappa shape index (κ3) is 4.07. The van der Waals surface area contributed by atoms with E-state index in [-0.39, 0.29) is 23.6 Å². The van der Waals surface area contributed by atoms with Gasteiger partial charge in [0.2, 0.25) is 5.95 Å². The fraction of sp³-hybridized carbons (Fsp3) is 0.292. The van der Waals surface area contributed by atoms with Crippen LogP contribution in [0, 0.1) is 6.92 Å². The van der Waals surface area contributed by atoms with Crippen LogP contribution >= 0.6 is 11.6 Å². The molecule has 3 aromatic heterocycles. The van der Waals surface area contributed by atoms with Crippen molar-refractivity contribution < 1.29 is 0 Å². The van der Waals surface area contributed by atoms with Gasteiger partial charge in [-0.1, -0.05) is 23.7 Å². The van der Waals surface area contributed by atoms with Crippen LogP contribution in [0.4, 0.5) is 5.95 Å². The summed E-state index contributed by atoms with van der Waals surface area (Å²) in [6, 6.07) is 7.51. The zero-order chi connectivity index (χ0) is 23.1. The van der Waals surface area contributed by atoms with Gasteiger partial charge in [-0.15, -0.1) is 0 Å². The molecule has 0 amide bonds. The Labute approximate surface area is 195 Å². The highest BCUT2D eigenvalue weighted by molar-refractivity contribution is 6.33. The second-order valence-corrected chi connectivity index (χ2v) is 8.96. The molecule has 4 N–H and O–H groups in total. The highest BCUT2D eigenvalue weighted by Crippen LogP contribution is 2.34. The minimum atomic E-state index is -0.147. The van der Waals surface area contributed by atoms with Crippen molar-refractivity contribution in [2.24, 2.45) is 5.73 Å². The quantitative estimate of drug-likeness (QED) is 0.473. The zero-order valence-electron chi connectivity index (χ0n) is 18.2. The van der Waals surface area contributed by atoms with E-state index in [1.807, 2.05) is 25.1 Å². The van der Waals surface area contributed by atoms with Crippen LogP contribution in [-0.4, -0.2) is 30.5 Å². The Morgan fingerprint density at radius 2 is 1.82 bits per heavy atom. The lowest BCUT2D eigenvalue weighted by Gasteiger charge is -2.29. The van der Waals surface area contributed by atoms with Crippen molar-refractivity contribution in [2.75, 3.05) is 5.73 Å². The van der Waals surface area contributed by atoms with Gasteiger partial charge in [-0.3, -0.25) is 14.3 Å². The Morgan fingerprint density at radius 3 is 2.55 bits per heavy atom. The monoisotopic (exact) mass is 461 g/mol. The van der Waals surface area contributed by atoms with E-state index >= 15 is 0 Å². The van der Waals surface area contributed by atoms with Crippen molar-refractivity contribution in [1.82, 2.24) is 24.5 Å². The fourth-order valence-electron chi connectivity index (χ4n) is 4.52. The van der Waals surface area contributed by atoms with Gasteiger partial charge in [0.15, 0.2) is 0 Å². The Bertz CT molecular complexity index is 1410. The van der Waals surface area contributed by atoms with E-state index in [1.165, 1.54) is 0 Å². The summed E-state index contributed by atoms with van der Waals surface area (Å²) in [5.74, 6) is 0.137. The van der Waals surface area contributed by atoms with Gasteiger partial charge in [0, 0.05) is 51.6 Å². The van der Waals surface area contributed by atoms with Gasteiger partial charge < -0.3 is 11.5 Å². The summed E-state index contributed by atoms with van der Waals surface area (Å²) in [5.41, 5.74) is 15.9. The van der Waals surface area contributed by atoms with E-state index in [1.54, 1.807) is 29.2 Å². The molecule has 1 aliphatic carbocycles. The molecule has 0 aliphatic heterocycles. The summed E-state index contributed by atoms with van der Waals surface area (Å²) in [6.07, 6.45) is 8.37. The molecule has 0 atom stereocenters. The summed E-state index contributed by atoms with van der Waals surface area (Å²) in [5, 5.41) is 1.19. The van der Waals surface area contributed by atoms with Crippen molar-refractivity contribution in [3.63, 3.8) is 0 Å². The molecule has 3 heterocycles. The maximum Gasteiger partial charge on any atom is 0.260 e. The number of nitrogen functional groups attached to an aromatic ring is 1. The van der Waals surface area contributed by atoms with Crippen LogP contribution in [0.5, 0.6) is 0 Å². The van der Waals surface area contributed by atoms with Crippen LogP contribution in [0.15, 0.2) is 47.7 Å². The highest BCUT2D eigenvalue weighted by Gasteiger charge is 2.25. The molecule has 168 valence electrons. The van der Waals surface area contributed by atoms with E-state index in [0.717, 1.165) is 48.0 Å². The van der Waals surface area contributed by atoms with Crippen molar-refractivity contribution in [3.8, 4) is 22.4 Å². The molecule has 0 spiro atoms. The first kappa shape index (κ1) is 21.5. The van der Waals surface area contributed by atoms with Crippen LogP contribution < -0.4 is 17.0 Å². The number of hydrogen-bond acceptors (Lipinski definition) is 7. The van der Waals surface area contributed by atoms with Crippen molar-refractivity contribution in [2.45, 2.75) is 44.7 Å². The van der Waals surface area contributed by atoms with Crippen LogP contribution in [-0.2, 0) is 0 Å².